The fraction of sp³-hybridized carbons (Fsp3) is 0.412. The van der Waals surface area contributed by atoms with Gasteiger partial charge in [0.1, 0.15) is 11.9 Å². The van der Waals surface area contributed by atoms with Crippen molar-refractivity contribution in [3.05, 3.63) is 71.8 Å². The summed E-state index contributed by atoms with van der Waals surface area (Å²) in [6.45, 7) is 6.84. The van der Waals surface area contributed by atoms with Gasteiger partial charge >= 0.3 is 12.1 Å². The van der Waals surface area contributed by atoms with Gasteiger partial charge in [-0.25, -0.2) is 9.07 Å². The average Bonchev–Trinajstić information content (AvgIpc) is 3.66. The second-order valence-corrected chi connectivity index (χ2v) is 12.9. The molecule has 11 nitrogen and oxygen atoms in total. The van der Waals surface area contributed by atoms with E-state index < -0.39 is 30.1 Å². The molecule has 2 aromatic carbocycles. The number of nitrogens with zero attached hydrogens (tertiary/aromatic N) is 5. The zero-order valence-corrected chi connectivity index (χ0v) is 27.2. The number of rotatable bonds is 9. The molecular weight excluding hydrogens is 646 g/mol. The minimum atomic E-state index is -4.89. The zero-order chi connectivity index (χ0) is 35.1. The molecule has 15 heteroatoms. The SMILES string of the molecule is Cc1ccn(-c2cc(-c3ccc(OC(C)C)c(F)c3)ccc2[C@@H](Oc2cc(N3CCC4(CC3)CNC(C(=O)O)C4)nc(N)n2)C(F)(F)F)n1. The Labute approximate surface area is 280 Å². The number of ether oxygens (including phenoxy) is 2. The lowest BCUT2D eigenvalue weighted by molar-refractivity contribution is -0.198. The highest BCUT2D eigenvalue weighted by Gasteiger charge is 2.46. The maximum absolute atomic E-state index is 14.9. The molecule has 2 aromatic heterocycles. The summed E-state index contributed by atoms with van der Waals surface area (Å²) in [4.78, 5) is 21.6. The lowest BCUT2D eigenvalue weighted by atomic mass is 9.76. The molecule has 260 valence electrons. The van der Waals surface area contributed by atoms with Crippen molar-refractivity contribution in [1.82, 2.24) is 25.1 Å². The first-order chi connectivity index (χ1) is 23.2. The highest BCUT2D eigenvalue weighted by molar-refractivity contribution is 5.74. The lowest BCUT2D eigenvalue weighted by Crippen LogP contribution is -2.41. The molecular formula is C34H37F4N7O4. The number of nitrogens with two attached hydrogens (primary N) is 1. The molecule has 0 radical (unpaired) electrons. The number of piperidine rings is 1. The van der Waals surface area contributed by atoms with Crippen molar-refractivity contribution in [1.29, 1.82) is 0 Å². The van der Waals surface area contributed by atoms with Crippen LogP contribution in [0.4, 0.5) is 29.3 Å². The third-order valence-electron chi connectivity index (χ3n) is 8.96. The Kier molecular flexibility index (Phi) is 9.13. The Morgan fingerprint density at radius 1 is 1.06 bits per heavy atom. The Morgan fingerprint density at radius 3 is 2.39 bits per heavy atom. The van der Waals surface area contributed by atoms with Crippen molar-refractivity contribution >= 4 is 17.7 Å². The van der Waals surface area contributed by atoms with Gasteiger partial charge < -0.3 is 30.5 Å². The number of alkyl halides is 3. The molecule has 4 N–H and O–H groups in total. The second kappa shape index (κ2) is 13.2. The summed E-state index contributed by atoms with van der Waals surface area (Å²) in [6.07, 6.45) is -4.24. The molecule has 0 amide bonds. The number of hydrogen-bond donors (Lipinski definition) is 3. The van der Waals surface area contributed by atoms with Gasteiger partial charge in [-0.05, 0) is 80.8 Å². The monoisotopic (exact) mass is 683 g/mol. The van der Waals surface area contributed by atoms with Crippen LogP contribution in [-0.4, -0.2) is 68.8 Å². The second-order valence-electron chi connectivity index (χ2n) is 12.9. The molecule has 0 saturated carbocycles. The average molecular weight is 684 g/mol. The first kappa shape index (κ1) is 34.0. The Hall–Kier alpha value is -4.92. The van der Waals surface area contributed by atoms with Crippen molar-refractivity contribution in [2.24, 2.45) is 5.41 Å². The number of aryl methyl sites for hydroxylation is 1. The summed E-state index contributed by atoms with van der Waals surface area (Å²) < 4.78 is 72.0. The van der Waals surface area contributed by atoms with Crippen LogP contribution in [0.2, 0.25) is 0 Å². The fourth-order valence-corrected chi connectivity index (χ4v) is 6.49. The molecule has 1 spiro atoms. The number of benzene rings is 2. The first-order valence-electron chi connectivity index (χ1n) is 15.9. The molecule has 49 heavy (non-hydrogen) atoms. The van der Waals surface area contributed by atoms with E-state index in [1.54, 1.807) is 32.9 Å². The summed E-state index contributed by atoms with van der Waals surface area (Å²) in [5.74, 6) is -1.74. The quantitative estimate of drug-likeness (QED) is 0.184. The van der Waals surface area contributed by atoms with Gasteiger partial charge in [0.05, 0.1) is 17.5 Å². The number of carboxylic acids is 1. The van der Waals surface area contributed by atoms with Gasteiger partial charge in [-0.1, -0.05) is 18.2 Å². The van der Waals surface area contributed by atoms with Gasteiger partial charge in [0, 0.05) is 37.5 Å². The number of aliphatic carboxylic acids is 1. The zero-order valence-electron chi connectivity index (χ0n) is 27.2. The van der Waals surface area contributed by atoms with E-state index in [1.165, 1.54) is 47.3 Å². The van der Waals surface area contributed by atoms with Crippen LogP contribution in [0.15, 0.2) is 54.7 Å². The summed E-state index contributed by atoms with van der Waals surface area (Å²) in [5.41, 5.74) is 7.07. The largest absolute Gasteiger partial charge is 0.488 e. The molecule has 6 rings (SSSR count). The van der Waals surface area contributed by atoms with E-state index in [-0.39, 0.29) is 40.3 Å². The van der Waals surface area contributed by atoms with Crippen molar-refractivity contribution in [2.45, 2.75) is 64.5 Å². The van der Waals surface area contributed by atoms with Crippen LogP contribution in [0.1, 0.15) is 50.5 Å². The molecule has 1 unspecified atom stereocenters. The molecule has 2 saturated heterocycles. The summed E-state index contributed by atoms with van der Waals surface area (Å²) in [6, 6.07) is 11.0. The van der Waals surface area contributed by atoms with Gasteiger partial charge in [0.2, 0.25) is 17.9 Å². The van der Waals surface area contributed by atoms with Crippen LogP contribution < -0.4 is 25.4 Å². The number of hydrogen-bond acceptors (Lipinski definition) is 9. The van der Waals surface area contributed by atoms with E-state index in [1.807, 2.05) is 4.90 Å². The molecule has 0 bridgehead atoms. The number of carbonyl (C=O) groups is 1. The summed E-state index contributed by atoms with van der Waals surface area (Å²) in [7, 11) is 0. The molecule has 4 heterocycles. The van der Waals surface area contributed by atoms with E-state index in [9.17, 15) is 27.5 Å². The Balaban J connectivity index is 1.30. The van der Waals surface area contributed by atoms with Crippen LogP contribution in [0.25, 0.3) is 16.8 Å². The lowest BCUT2D eigenvalue weighted by Gasteiger charge is -2.39. The minimum Gasteiger partial charge on any atom is -0.488 e. The molecule has 2 aliphatic heterocycles. The molecule has 2 fully saturated rings. The smallest absolute Gasteiger partial charge is 0.429 e. The first-order valence-corrected chi connectivity index (χ1v) is 15.9. The molecule has 2 aliphatic rings. The third kappa shape index (κ3) is 7.41. The normalized spacial score (nSPS) is 18.2. The predicted molar refractivity (Wildman–Crippen MR) is 173 cm³/mol. The van der Waals surface area contributed by atoms with Gasteiger partial charge in [-0.2, -0.15) is 28.2 Å². The fourth-order valence-electron chi connectivity index (χ4n) is 6.49. The predicted octanol–water partition coefficient (Wildman–Crippen LogP) is 5.86. The number of aromatic nitrogens is 4. The topological polar surface area (TPSA) is 141 Å². The standard InChI is InChI=1S/C34H37F4N7O4/c1-19(2)48-27-7-5-21(14-24(27)35)22-4-6-23(26(15-22)45-11-8-20(3)43-45)30(34(36,37)38)49-29-16-28(41-32(39)42-29)44-12-9-33(10-13-44)17-25(31(46)47)40-18-33/h4-8,11,14-16,19,25,30,40H,9-10,12-13,17-18H2,1-3H3,(H,46,47)(H2,39,41,42)/t25?,30-/m1/s1. The van der Waals surface area contributed by atoms with Crippen molar-refractivity contribution in [3.8, 4) is 28.4 Å². The van der Waals surface area contributed by atoms with Gasteiger partial charge in [-0.15, -0.1) is 0 Å². The van der Waals surface area contributed by atoms with Crippen molar-refractivity contribution in [2.75, 3.05) is 30.3 Å². The van der Waals surface area contributed by atoms with Crippen LogP contribution >= 0.6 is 0 Å². The number of nitrogen functional groups attached to an aromatic ring is 1. The van der Waals surface area contributed by atoms with Gasteiger partial charge in [0.15, 0.2) is 11.6 Å². The Morgan fingerprint density at radius 2 is 1.78 bits per heavy atom. The number of nitrogens with one attached hydrogen (secondary N) is 1. The van der Waals surface area contributed by atoms with E-state index in [4.69, 9.17) is 15.2 Å². The van der Waals surface area contributed by atoms with Crippen LogP contribution in [0, 0.1) is 18.2 Å². The van der Waals surface area contributed by atoms with Crippen LogP contribution in [0.3, 0.4) is 0 Å². The maximum atomic E-state index is 14.9. The number of halogens is 4. The van der Waals surface area contributed by atoms with Gasteiger partial charge in [0.25, 0.3) is 0 Å². The van der Waals surface area contributed by atoms with E-state index in [0.717, 1.165) is 0 Å². The minimum absolute atomic E-state index is 0.0683. The van der Waals surface area contributed by atoms with Crippen molar-refractivity contribution in [3.63, 3.8) is 0 Å². The van der Waals surface area contributed by atoms with E-state index >= 15 is 0 Å². The molecule has 4 aromatic rings. The van der Waals surface area contributed by atoms with E-state index in [2.05, 4.69) is 20.4 Å². The maximum Gasteiger partial charge on any atom is 0.429 e. The Bertz CT molecular complexity index is 1840. The number of anilines is 2. The summed E-state index contributed by atoms with van der Waals surface area (Å²) >= 11 is 0. The van der Waals surface area contributed by atoms with Gasteiger partial charge in [-0.3, -0.25) is 4.79 Å². The number of carboxylic acid groups (broad SMARTS) is 1. The van der Waals surface area contributed by atoms with Crippen molar-refractivity contribution < 1.29 is 36.9 Å². The van der Waals surface area contributed by atoms with Crippen LogP contribution in [-0.2, 0) is 4.79 Å². The summed E-state index contributed by atoms with van der Waals surface area (Å²) in [5, 5.41) is 16.8. The third-order valence-corrected chi connectivity index (χ3v) is 8.96. The van der Waals surface area contributed by atoms with E-state index in [0.29, 0.717) is 61.5 Å². The highest BCUT2D eigenvalue weighted by Crippen LogP contribution is 2.43. The highest BCUT2D eigenvalue weighted by atomic mass is 19.4. The molecule has 0 aliphatic carbocycles. The molecule has 2 atom stereocenters. The van der Waals surface area contributed by atoms with Crippen LogP contribution in [0.5, 0.6) is 11.6 Å².